The standard InChI is InChI=1S/C22H28FN3O/c1-17(20-8-10-21(23)11-9-20)24-22(27)18(2)26-14-12-25(13-15-26)16-19-6-4-3-5-7-19/h3-11,17-18H,12-16H2,1-2H3,(H,24,27)/p+2/t17-,18-/m0/s1. The third-order valence-corrected chi connectivity index (χ3v) is 5.63. The van der Waals surface area contributed by atoms with Crippen LogP contribution in [0.2, 0.25) is 0 Å². The van der Waals surface area contributed by atoms with Gasteiger partial charge < -0.3 is 15.1 Å². The van der Waals surface area contributed by atoms with Gasteiger partial charge in [0.25, 0.3) is 5.91 Å². The Kier molecular flexibility index (Phi) is 6.58. The SMILES string of the molecule is C[C@H](NC(=O)[C@H](C)[NH+]1CC[NH+](Cc2ccccc2)CC1)c1ccc(F)cc1. The van der Waals surface area contributed by atoms with Gasteiger partial charge in [-0.1, -0.05) is 42.5 Å². The molecule has 2 aromatic rings. The van der Waals surface area contributed by atoms with Crippen LogP contribution in [0.15, 0.2) is 54.6 Å². The van der Waals surface area contributed by atoms with Crippen molar-refractivity contribution < 1.29 is 19.0 Å². The summed E-state index contributed by atoms with van der Waals surface area (Å²) in [6.45, 7) is 9.16. The Morgan fingerprint density at radius 2 is 1.63 bits per heavy atom. The van der Waals surface area contributed by atoms with Gasteiger partial charge in [0.05, 0.1) is 6.04 Å². The third kappa shape index (κ3) is 5.37. The van der Waals surface area contributed by atoms with Crippen LogP contribution in [0.1, 0.15) is 31.0 Å². The maximum absolute atomic E-state index is 13.1. The molecular weight excluding hydrogens is 341 g/mol. The largest absolute Gasteiger partial charge is 0.344 e. The highest BCUT2D eigenvalue weighted by Crippen LogP contribution is 2.12. The number of nitrogens with one attached hydrogen (secondary N) is 3. The van der Waals surface area contributed by atoms with Crippen molar-refractivity contribution in [3.63, 3.8) is 0 Å². The lowest BCUT2D eigenvalue weighted by atomic mass is 10.1. The number of amides is 1. The lowest BCUT2D eigenvalue weighted by molar-refractivity contribution is -1.02. The molecule has 1 aliphatic rings. The second-order valence-corrected chi connectivity index (χ2v) is 7.57. The molecule has 0 bridgehead atoms. The second-order valence-electron chi connectivity index (χ2n) is 7.57. The van der Waals surface area contributed by atoms with E-state index in [9.17, 15) is 9.18 Å². The van der Waals surface area contributed by atoms with E-state index in [1.807, 2.05) is 19.9 Å². The molecule has 1 amide bonds. The van der Waals surface area contributed by atoms with Crippen molar-refractivity contribution in [3.05, 3.63) is 71.5 Å². The molecule has 1 aliphatic heterocycles. The van der Waals surface area contributed by atoms with E-state index >= 15 is 0 Å². The molecule has 2 aromatic carbocycles. The van der Waals surface area contributed by atoms with Crippen molar-refractivity contribution in [1.82, 2.24) is 5.32 Å². The smallest absolute Gasteiger partial charge is 0.278 e. The van der Waals surface area contributed by atoms with E-state index in [2.05, 4.69) is 29.6 Å². The van der Waals surface area contributed by atoms with E-state index in [1.54, 1.807) is 17.0 Å². The van der Waals surface area contributed by atoms with Gasteiger partial charge in [-0.15, -0.1) is 0 Å². The first kappa shape index (κ1) is 19.5. The average Bonchev–Trinajstić information content (AvgIpc) is 2.69. The highest BCUT2D eigenvalue weighted by molar-refractivity contribution is 5.80. The van der Waals surface area contributed by atoms with E-state index in [4.69, 9.17) is 0 Å². The fourth-order valence-electron chi connectivity index (χ4n) is 3.78. The molecule has 0 aliphatic carbocycles. The van der Waals surface area contributed by atoms with E-state index in [0.29, 0.717) is 0 Å². The van der Waals surface area contributed by atoms with Crippen LogP contribution in [0.25, 0.3) is 0 Å². The number of carbonyl (C=O) groups is 1. The maximum atomic E-state index is 13.1. The summed E-state index contributed by atoms with van der Waals surface area (Å²) in [5.41, 5.74) is 2.29. The summed E-state index contributed by atoms with van der Waals surface area (Å²) in [5, 5.41) is 3.07. The molecule has 4 nitrogen and oxygen atoms in total. The Hall–Kier alpha value is -2.24. The highest BCUT2D eigenvalue weighted by atomic mass is 19.1. The molecular formula is C22H30FN3O+2. The molecule has 0 saturated carbocycles. The minimum absolute atomic E-state index is 0.0633. The van der Waals surface area contributed by atoms with Crippen LogP contribution in [0, 0.1) is 5.82 Å². The number of halogens is 1. The molecule has 3 N–H and O–H groups in total. The Morgan fingerprint density at radius 3 is 2.26 bits per heavy atom. The number of rotatable bonds is 6. The lowest BCUT2D eigenvalue weighted by Gasteiger charge is -2.33. The molecule has 5 heteroatoms. The van der Waals surface area contributed by atoms with Gasteiger partial charge in [0, 0.05) is 5.56 Å². The maximum Gasteiger partial charge on any atom is 0.278 e. The zero-order valence-electron chi connectivity index (χ0n) is 16.2. The normalized spacial score (nSPS) is 22.0. The van der Waals surface area contributed by atoms with Crippen molar-refractivity contribution in [2.45, 2.75) is 32.5 Å². The molecule has 0 aromatic heterocycles. The summed E-state index contributed by atoms with van der Waals surface area (Å²) in [7, 11) is 0. The van der Waals surface area contributed by atoms with Crippen molar-refractivity contribution in [2.75, 3.05) is 26.2 Å². The van der Waals surface area contributed by atoms with E-state index in [1.165, 1.54) is 22.6 Å². The Bertz CT molecular complexity index is 727. The number of hydrogen-bond acceptors (Lipinski definition) is 1. The summed E-state index contributed by atoms with van der Waals surface area (Å²) in [6.07, 6.45) is 0. The lowest BCUT2D eigenvalue weighted by Crippen LogP contribution is -3.29. The molecule has 3 rings (SSSR count). The fourth-order valence-corrected chi connectivity index (χ4v) is 3.78. The number of quaternary nitrogens is 2. The first-order valence-corrected chi connectivity index (χ1v) is 9.81. The van der Waals surface area contributed by atoms with Crippen LogP contribution in [0.4, 0.5) is 4.39 Å². The van der Waals surface area contributed by atoms with Gasteiger partial charge in [-0.25, -0.2) is 4.39 Å². The van der Waals surface area contributed by atoms with Crippen molar-refractivity contribution in [1.29, 1.82) is 0 Å². The van der Waals surface area contributed by atoms with Gasteiger partial charge >= 0.3 is 0 Å². The van der Waals surface area contributed by atoms with Crippen molar-refractivity contribution >= 4 is 5.91 Å². The molecule has 1 fully saturated rings. The van der Waals surface area contributed by atoms with Crippen molar-refractivity contribution in [3.8, 4) is 0 Å². The average molecular weight is 372 g/mol. The second kappa shape index (κ2) is 9.11. The zero-order chi connectivity index (χ0) is 19.2. The summed E-state index contributed by atoms with van der Waals surface area (Å²) in [4.78, 5) is 15.6. The van der Waals surface area contributed by atoms with Crippen LogP contribution in [-0.2, 0) is 11.3 Å². The molecule has 144 valence electrons. The molecule has 27 heavy (non-hydrogen) atoms. The predicted molar refractivity (Wildman–Crippen MR) is 104 cm³/mol. The summed E-state index contributed by atoms with van der Waals surface area (Å²) < 4.78 is 13.1. The fraction of sp³-hybridized carbons (Fsp3) is 0.409. The zero-order valence-corrected chi connectivity index (χ0v) is 16.2. The molecule has 0 radical (unpaired) electrons. The first-order chi connectivity index (χ1) is 13.0. The Morgan fingerprint density at radius 1 is 1.00 bits per heavy atom. The molecule has 1 saturated heterocycles. The van der Waals surface area contributed by atoms with Gasteiger partial charge in [-0.3, -0.25) is 4.79 Å². The predicted octanol–water partition coefficient (Wildman–Crippen LogP) is 0.375. The van der Waals surface area contributed by atoms with Crippen LogP contribution >= 0.6 is 0 Å². The molecule has 0 spiro atoms. The number of hydrogen-bond donors (Lipinski definition) is 3. The number of piperazine rings is 1. The van der Waals surface area contributed by atoms with Crippen LogP contribution in [0.3, 0.4) is 0 Å². The minimum atomic E-state index is -0.258. The Balaban J connectivity index is 1.47. The third-order valence-electron chi connectivity index (χ3n) is 5.63. The summed E-state index contributed by atoms with van der Waals surface area (Å²) in [5.74, 6) is -0.195. The molecule has 0 unspecified atom stereocenters. The quantitative estimate of drug-likeness (QED) is 0.675. The first-order valence-electron chi connectivity index (χ1n) is 9.81. The molecule has 2 atom stereocenters. The topological polar surface area (TPSA) is 38.0 Å². The highest BCUT2D eigenvalue weighted by Gasteiger charge is 2.31. The van der Waals surface area contributed by atoms with Gasteiger partial charge in [-0.05, 0) is 31.5 Å². The van der Waals surface area contributed by atoms with Crippen LogP contribution in [-0.4, -0.2) is 38.1 Å². The monoisotopic (exact) mass is 371 g/mol. The van der Waals surface area contributed by atoms with Crippen LogP contribution < -0.4 is 15.1 Å². The number of carbonyl (C=O) groups excluding carboxylic acids is 1. The van der Waals surface area contributed by atoms with E-state index in [-0.39, 0.29) is 23.8 Å². The number of benzene rings is 2. The van der Waals surface area contributed by atoms with Gasteiger partial charge in [0.15, 0.2) is 6.04 Å². The van der Waals surface area contributed by atoms with Crippen molar-refractivity contribution in [2.24, 2.45) is 0 Å². The minimum Gasteiger partial charge on any atom is -0.344 e. The van der Waals surface area contributed by atoms with Gasteiger partial charge in [-0.2, -0.15) is 0 Å². The van der Waals surface area contributed by atoms with Crippen LogP contribution in [0.5, 0.6) is 0 Å². The summed E-state index contributed by atoms with van der Waals surface area (Å²) in [6, 6.07) is 16.7. The van der Waals surface area contributed by atoms with Gasteiger partial charge in [0.2, 0.25) is 0 Å². The Labute approximate surface area is 161 Å². The van der Waals surface area contributed by atoms with E-state index in [0.717, 1.165) is 38.3 Å². The van der Waals surface area contributed by atoms with Gasteiger partial charge in [0.1, 0.15) is 38.5 Å². The van der Waals surface area contributed by atoms with E-state index < -0.39 is 0 Å². The molecule has 1 heterocycles. The summed E-state index contributed by atoms with van der Waals surface area (Å²) >= 11 is 0.